The van der Waals surface area contributed by atoms with Gasteiger partial charge in [0.05, 0.1) is 23.4 Å². The summed E-state index contributed by atoms with van der Waals surface area (Å²) in [5, 5.41) is 1.56. The Labute approximate surface area is 98.4 Å². The Morgan fingerprint density at radius 2 is 2.38 bits per heavy atom. The number of pyridine rings is 1. The third-order valence-electron chi connectivity index (χ3n) is 2.52. The number of rotatable bonds is 2. The fourth-order valence-electron chi connectivity index (χ4n) is 1.56. The summed E-state index contributed by atoms with van der Waals surface area (Å²) in [6.07, 6.45) is 6.11. The predicted octanol–water partition coefficient (Wildman–Crippen LogP) is 1.94. The molecule has 0 bridgehead atoms. The number of amides is 1. The van der Waals surface area contributed by atoms with Crippen molar-refractivity contribution in [2.24, 2.45) is 0 Å². The van der Waals surface area contributed by atoms with Crippen LogP contribution in [0.15, 0.2) is 12.3 Å². The summed E-state index contributed by atoms with van der Waals surface area (Å²) < 4.78 is 0. The highest BCUT2D eigenvalue weighted by molar-refractivity contribution is 6.35. The molecule has 1 heterocycles. The van der Waals surface area contributed by atoms with Gasteiger partial charge in [-0.05, 0) is 0 Å². The van der Waals surface area contributed by atoms with Gasteiger partial charge in [0, 0.05) is 25.2 Å². The van der Waals surface area contributed by atoms with E-state index < -0.39 is 0 Å². The molecule has 1 aromatic heterocycles. The highest BCUT2D eigenvalue weighted by Gasteiger charge is 2.20. The molecule has 0 saturated carbocycles. The standard InChI is InChI=1S/C11H11ClN2O2/c1-14(16-2)11(15)8-6-13-9-5-3-4-7(9)10(8)12/h3-4,6H,5H2,1-2H3. The molecule has 1 aliphatic rings. The fraction of sp³-hybridized carbons (Fsp3) is 0.273. The van der Waals surface area contributed by atoms with Gasteiger partial charge in [0.15, 0.2) is 0 Å². The van der Waals surface area contributed by atoms with Gasteiger partial charge in [-0.1, -0.05) is 23.8 Å². The third-order valence-corrected chi connectivity index (χ3v) is 2.93. The highest BCUT2D eigenvalue weighted by Crippen LogP contribution is 2.29. The van der Waals surface area contributed by atoms with Crippen LogP contribution in [0.25, 0.3) is 6.08 Å². The first-order chi connectivity index (χ1) is 7.65. The minimum absolute atomic E-state index is 0.303. The lowest BCUT2D eigenvalue weighted by Crippen LogP contribution is -2.26. The monoisotopic (exact) mass is 238 g/mol. The van der Waals surface area contributed by atoms with Crippen LogP contribution in [0.1, 0.15) is 21.6 Å². The van der Waals surface area contributed by atoms with E-state index in [1.165, 1.54) is 20.4 Å². The van der Waals surface area contributed by atoms with E-state index >= 15 is 0 Å². The first-order valence-electron chi connectivity index (χ1n) is 4.81. The number of carbonyl (C=O) groups excluding carboxylic acids is 1. The number of hydroxylamine groups is 2. The van der Waals surface area contributed by atoms with Crippen molar-refractivity contribution >= 4 is 23.6 Å². The Hall–Kier alpha value is -1.39. The second-order valence-corrected chi connectivity index (χ2v) is 3.82. The third kappa shape index (κ3) is 1.70. The Morgan fingerprint density at radius 1 is 1.62 bits per heavy atom. The number of hydrogen-bond donors (Lipinski definition) is 0. The molecular formula is C11H11ClN2O2. The summed E-state index contributed by atoms with van der Waals surface area (Å²) in [5.74, 6) is -0.303. The summed E-state index contributed by atoms with van der Waals surface area (Å²) in [4.78, 5) is 20.9. The second-order valence-electron chi connectivity index (χ2n) is 3.44. The molecule has 0 atom stereocenters. The molecule has 5 heteroatoms. The second kappa shape index (κ2) is 4.23. The Balaban J connectivity index is 2.43. The maximum atomic E-state index is 11.8. The van der Waals surface area contributed by atoms with Gasteiger partial charge in [-0.15, -0.1) is 0 Å². The Bertz CT molecular complexity index is 471. The van der Waals surface area contributed by atoms with Crippen LogP contribution in [0.2, 0.25) is 5.02 Å². The molecule has 0 N–H and O–H groups in total. The molecule has 84 valence electrons. The zero-order valence-corrected chi connectivity index (χ0v) is 9.78. The quantitative estimate of drug-likeness (QED) is 0.740. The van der Waals surface area contributed by atoms with Crippen LogP contribution < -0.4 is 0 Å². The predicted molar refractivity (Wildman–Crippen MR) is 61.1 cm³/mol. The molecule has 1 aromatic rings. The summed E-state index contributed by atoms with van der Waals surface area (Å²) in [6, 6.07) is 0. The molecule has 1 amide bonds. The lowest BCUT2D eigenvalue weighted by atomic mass is 10.1. The summed E-state index contributed by atoms with van der Waals surface area (Å²) in [7, 11) is 2.95. The van der Waals surface area contributed by atoms with E-state index in [1.807, 2.05) is 12.2 Å². The smallest absolute Gasteiger partial charge is 0.274 e. The van der Waals surface area contributed by atoms with E-state index in [2.05, 4.69) is 4.98 Å². The van der Waals surface area contributed by atoms with E-state index in [4.69, 9.17) is 16.4 Å². The van der Waals surface area contributed by atoms with Gasteiger partial charge < -0.3 is 0 Å². The lowest BCUT2D eigenvalue weighted by Gasteiger charge is -2.15. The van der Waals surface area contributed by atoms with E-state index in [0.717, 1.165) is 22.7 Å². The Kier molecular flexibility index (Phi) is 2.94. The van der Waals surface area contributed by atoms with E-state index in [1.54, 1.807) is 0 Å². The molecule has 0 aliphatic heterocycles. The number of aromatic nitrogens is 1. The minimum atomic E-state index is -0.303. The van der Waals surface area contributed by atoms with Crippen molar-refractivity contribution in [1.82, 2.24) is 10.0 Å². The van der Waals surface area contributed by atoms with E-state index in [0.29, 0.717) is 10.6 Å². The zero-order valence-electron chi connectivity index (χ0n) is 9.03. The van der Waals surface area contributed by atoms with Gasteiger partial charge in [-0.2, -0.15) is 0 Å². The summed E-state index contributed by atoms with van der Waals surface area (Å²) in [5.41, 5.74) is 2.09. The number of halogens is 1. The lowest BCUT2D eigenvalue weighted by molar-refractivity contribution is -0.0757. The zero-order chi connectivity index (χ0) is 11.7. The van der Waals surface area contributed by atoms with Crippen LogP contribution in [0, 0.1) is 0 Å². The van der Waals surface area contributed by atoms with Gasteiger partial charge in [0.1, 0.15) is 0 Å². The molecule has 0 saturated heterocycles. The van der Waals surface area contributed by atoms with Crippen molar-refractivity contribution in [3.05, 3.63) is 34.1 Å². The molecule has 2 rings (SSSR count). The van der Waals surface area contributed by atoms with Crippen molar-refractivity contribution in [2.75, 3.05) is 14.2 Å². The maximum Gasteiger partial charge on any atom is 0.280 e. The van der Waals surface area contributed by atoms with Crippen molar-refractivity contribution in [2.45, 2.75) is 6.42 Å². The SMILES string of the molecule is CON(C)C(=O)c1cnc2c(c1Cl)C=CC2. The number of allylic oxidation sites excluding steroid dienone is 1. The van der Waals surface area contributed by atoms with Crippen LogP contribution in [0.5, 0.6) is 0 Å². The van der Waals surface area contributed by atoms with Gasteiger partial charge in [0.25, 0.3) is 5.91 Å². The largest absolute Gasteiger partial charge is 0.280 e. The highest BCUT2D eigenvalue weighted by atomic mass is 35.5. The minimum Gasteiger partial charge on any atom is -0.274 e. The molecule has 4 nitrogen and oxygen atoms in total. The van der Waals surface area contributed by atoms with Crippen LogP contribution in [-0.4, -0.2) is 30.1 Å². The summed E-state index contributed by atoms with van der Waals surface area (Å²) in [6.45, 7) is 0. The molecule has 0 radical (unpaired) electrons. The van der Waals surface area contributed by atoms with Crippen molar-refractivity contribution in [3.8, 4) is 0 Å². The molecule has 0 spiro atoms. The summed E-state index contributed by atoms with van der Waals surface area (Å²) >= 11 is 6.16. The number of fused-ring (bicyclic) bond motifs is 1. The van der Waals surface area contributed by atoms with E-state index in [9.17, 15) is 4.79 Å². The number of nitrogens with zero attached hydrogens (tertiary/aromatic N) is 2. The van der Waals surface area contributed by atoms with Crippen LogP contribution in [0.4, 0.5) is 0 Å². The van der Waals surface area contributed by atoms with Crippen LogP contribution in [-0.2, 0) is 11.3 Å². The fourth-order valence-corrected chi connectivity index (χ4v) is 1.86. The van der Waals surface area contributed by atoms with Gasteiger partial charge in [-0.3, -0.25) is 14.6 Å². The average molecular weight is 239 g/mol. The van der Waals surface area contributed by atoms with Gasteiger partial charge in [-0.25, -0.2) is 5.06 Å². The van der Waals surface area contributed by atoms with E-state index in [-0.39, 0.29) is 5.91 Å². The molecule has 0 fully saturated rings. The van der Waals surface area contributed by atoms with Crippen molar-refractivity contribution in [3.63, 3.8) is 0 Å². The number of carbonyl (C=O) groups is 1. The molecule has 1 aliphatic carbocycles. The van der Waals surface area contributed by atoms with Gasteiger partial charge in [0.2, 0.25) is 0 Å². The molecule has 0 unspecified atom stereocenters. The van der Waals surface area contributed by atoms with Crippen LogP contribution in [0.3, 0.4) is 0 Å². The molecule has 0 aromatic carbocycles. The topological polar surface area (TPSA) is 42.4 Å². The Morgan fingerprint density at radius 3 is 3.06 bits per heavy atom. The maximum absolute atomic E-state index is 11.8. The first kappa shape index (κ1) is 11.1. The molecule has 16 heavy (non-hydrogen) atoms. The number of hydrogen-bond acceptors (Lipinski definition) is 3. The average Bonchev–Trinajstić information content (AvgIpc) is 2.76. The first-order valence-corrected chi connectivity index (χ1v) is 5.19. The molecular weight excluding hydrogens is 228 g/mol. The van der Waals surface area contributed by atoms with Crippen molar-refractivity contribution in [1.29, 1.82) is 0 Å². The van der Waals surface area contributed by atoms with Crippen LogP contribution >= 0.6 is 11.6 Å². The normalized spacial score (nSPS) is 12.7. The van der Waals surface area contributed by atoms with Gasteiger partial charge >= 0.3 is 0 Å². The van der Waals surface area contributed by atoms with Crippen molar-refractivity contribution < 1.29 is 9.63 Å².